The second-order valence-corrected chi connectivity index (χ2v) is 4.97. The van der Waals surface area contributed by atoms with E-state index < -0.39 is 0 Å². The molecule has 2 atom stereocenters. The third-order valence-corrected chi connectivity index (χ3v) is 3.62. The summed E-state index contributed by atoms with van der Waals surface area (Å²) in [6.45, 7) is 10.6. The van der Waals surface area contributed by atoms with Gasteiger partial charge >= 0.3 is 0 Å². The molecule has 0 aromatic carbocycles. The molecule has 0 bridgehead atoms. The van der Waals surface area contributed by atoms with E-state index in [0.717, 1.165) is 12.0 Å². The van der Waals surface area contributed by atoms with Gasteiger partial charge in [0.15, 0.2) is 0 Å². The lowest BCUT2D eigenvalue weighted by molar-refractivity contribution is 0.261. The van der Waals surface area contributed by atoms with Crippen LogP contribution in [0.3, 0.4) is 0 Å². The van der Waals surface area contributed by atoms with Gasteiger partial charge in [-0.2, -0.15) is 0 Å². The topological polar surface area (TPSA) is 12.0 Å². The Morgan fingerprint density at radius 2 is 1.92 bits per heavy atom. The van der Waals surface area contributed by atoms with Crippen LogP contribution in [0.5, 0.6) is 0 Å². The van der Waals surface area contributed by atoms with Gasteiger partial charge in [0.2, 0.25) is 0 Å². The van der Waals surface area contributed by atoms with Crippen LogP contribution < -0.4 is 5.32 Å². The maximum atomic E-state index is 3.72. The molecule has 0 amide bonds. The molecule has 0 spiro atoms. The molecule has 0 aliphatic heterocycles. The van der Waals surface area contributed by atoms with Gasteiger partial charge in [-0.15, -0.1) is 0 Å². The molecule has 0 aromatic rings. The molecule has 0 radical (unpaired) electrons. The third-order valence-electron chi connectivity index (χ3n) is 3.62. The zero-order chi connectivity index (χ0) is 9.90. The van der Waals surface area contributed by atoms with E-state index in [1.54, 1.807) is 0 Å². The molecule has 1 heteroatoms. The second-order valence-electron chi connectivity index (χ2n) is 4.97. The van der Waals surface area contributed by atoms with Crippen LogP contribution in [0.4, 0.5) is 0 Å². The van der Waals surface area contributed by atoms with Gasteiger partial charge in [0, 0.05) is 6.04 Å². The highest BCUT2D eigenvalue weighted by atomic mass is 14.9. The molecule has 1 fully saturated rings. The van der Waals surface area contributed by atoms with Crippen LogP contribution in [0.25, 0.3) is 0 Å². The van der Waals surface area contributed by atoms with Gasteiger partial charge in [-0.05, 0) is 37.1 Å². The van der Waals surface area contributed by atoms with Crippen molar-refractivity contribution in [2.45, 2.75) is 59.4 Å². The highest BCUT2D eigenvalue weighted by molar-refractivity contribution is 5.00. The minimum Gasteiger partial charge on any atom is -0.313 e. The van der Waals surface area contributed by atoms with E-state index in [1.165, 1.54) is 32.2 Å². The Balaban J connectivity index is 2.44. The first-order valence-corrected chi connectivity index (χ1v) is 5.87. The highest BCUT2D eigenvalue weighted by Crippen LogP contribution is 2.50. The Morgan fingerprint density at radius 3 is 2.31 bits per heavy atom. The lowest BCUT2D eigenvalue weighted by atomic mass is 9.86. The summed E-state index contributed by atoms with van der Waals surface area (Å²) in [4.78, 5) is 0. The molecule has 1 aliphatic rings. The smallest absolute Gasteiger partial charge is 0.0146 e. The van der Waals surface area contributed by atoms with Crippen LogP contribution >= 0.6 is 0 Å². The lowest BCUT2D eigenvalue weighted by Crippen LogP contribution is -2.41. The van der Waals surface area contributed by atoms with Crippen molar-refractivity contribution in [3.05, 3.63) is 0 Å². The molecule has 13 heavy (non-hydrogen) atoms. The zero-order valence-electron chi connectivity index (χ0n) is 9.69. The summed E-state index contributed by atoms with van der Waals surface area (Å²) in [7, 11) is 0. The van der Waals surface area contributed by atoms with Crippen molar-refractivity contribution in [3.8, 4) is 0 Å². The fourth-order valence-corrected chi connectivity index (χ4v) is 2.18. The van der Waals surface area contributed by atoms with Gasteiger partial charge in [-0.1, -0.05) is 34.1 Å². The molecule has 1 saturated carbocycles. The van der Waals surface area contributed by atoms with Crippen molar-refractivity contribution in [1.29, 1.82) is 0 Å². The maximum absolute atomic E-state index is 3.72. The summed E-state index contributed by atoms with van der Waals surface area (Å²) in [5, 5.41) is 3.72. The molecule has 1 rings (SSSR count). The lowest BCUT2D eigenvalue weighted by Gasteiger charge is -2.30. The van der Waals surface area contributed by atoms with E-state index in [2.05, 4.69) is 33.0 Å². The van der Waals surface area contributed by atoms with Crippen molar-refractivity contribution in [1.82, 2.24) is 5.32 Å². The summed E-state index contributed by atoms with van der Waals surface area (Å²) < 4.78 is 0. The Labute approximate surface area is 83.3 Å². The number of rotatable bonds is 6. The SMILES string of the molecule is CCCNC(C(C)CC)C1(C)CC1. The Hall–Kier alpha value is -0.0400. The Kier molecular flexibility index (Phi) is 3.78. The first-order chi connectivity index (χ1) is 6.14. The monoisotopic (exact) mass is 183 g/mol. The predicted octanol–water partition coefficient (Wildman–Crippen LogP) is 3.20. The third kappa shape index (κ3) is 2.70. The molecule has 0 heterocycles. The largest absolute Gasteiger partial charge is 0.313 e. The van der Waals surface area contributed by atoms with Crippen LogP contribution in [-0.4, -0.2) is 12.6 Å². The minimum absolute atomic E-state index is 0.630. The first-order valence-electron chi connectivity index (χ1n) is 5.87. The molecule has 0 aromatic heterocycles. The summed E-state index contributed by atoms with van der Waals surface area (Å²) >= 11 is 0. The summed E-state index contributed by atoms with van der Waals surface area (Å²) in [6, 6.07) is 0.762. The van der Waals surface area contributed by atoms with Crippen molar-refractivity contribution in [2.24, 2.45) is 11.3 Å². The van der Waals surface area contributed by atoms with Crippen molar-refractivity contribution in [3.63, 3.8) is 0 Å². The predicted molar refractivity (Wildman–Crippen MR) is 58.9 cm³/mol. The van der Waals surface area contributed by atoms with Gasteiger partial charge in [0.25, 0.3) is 0 Å². The van der Waals surface area contributed by atoms with Gasteiger partial charge in [0.1, 0.15) is 0 Å². The second kappa shape index (κ2) is 4.45. The fourth-order valence-electron chi connectivity index (χ4n) is 2.18. The molecular formula is C12H25N. The van der Waals surface area contributed by atoms with E-state index in [4.69, 9.17) is 0 Å². The van der Waals surface area contributed by atoms with E-state index in [0.29, 0.717) is 5.41 Å². The maximum Gasteiger partial charge on any atom is 0.0146 e. The fraction of sp³-hybridized carbons (Fsp3) is 1.00. The minimum atomic E-state index is 0.630. The van der Waals surface area contributed by atoms with Crippen LogP contribution in [0.15, 0.2) is 0 Å². The van der Waals surface area contributed by atoms with Crippen LogP contribution in [0.2, 0.25) is 0 Å². The van der Waals surface area contributed by atoms with E-state index >= 15 is 0 Å². The Bertz CT molecular complexity index is 149. The standard InChI is InChI=1S/C12H25N/c1-5-9-13-11(10(3)6-2)12(4)7-8-12/h10-11,13H,5-9H2,1-4H3. The average Bonchev–Trinajstić information content (AvgIpc) is 2.84. The first kappa shape index (κ1) is 11.0. The quantitative estimate of drug-likeness (QED) is 0.667. The van der Waals surface area contributed by atoms with Crippen LogP contribution in [-0.2, 0) is 0 Å². The summed E-state index contributed by atoms with van der Waals surface area (Å²) in [5.41, 5.74) is 0.630. The van der Waals surface area contributed by atoms with Crippen LogP contribution in [0, 0.1) is 11.3 Å². The molecular weight excluding hydrogens is 158 g/mol. The zero-order valence-corrected chi connectivity index (χ0v) is 9.69. The molecule has 1 nitrogen and oxygen atoms in total. The van der Waals surface area contributed by atoms with Gasteiger partial charge in [-0.3, -0.25) is 0 Å². The number of nitrogens with one attached hydrogen (secondary N) is 1. The molecule has 0 saturated heterocycles. The summed E-state index contributed by atoms with van der Waals surface area (Å²) in [6.07, 6.45) is 5.41. The van der Waals surface area contributed by atoms with Crippen LogP contribution in [0.1, 0.15) is 53.4 Å². The Morgan fingerprint density at radius 1 is 1.31 bits per heavy atom. The molecule has 78 valence electrons. The van der Waals surface area contributed by atoms with Gasteiger partial charge in [0.05, 0.1) is 0 Å². The van der Waals surface area contributed by atoms with Crippen molar-refractivity contribution < 1.29 is 0 Å². The number of hydrogen-bond acceptors (Lipinski definition) is 1. The normalized spacial score (nSPS) is 24.0. The highest BCUT2D eigenvalue weighted by Gasteiger charge is 2.45. The van der Waals surface area contributed by atoms with E-state index in [1.807, 2.05) is 0 Å². The average molecular weight is 183 g/mol. The molecule has 2 unspecified atom stereocenters. The number of hydrogen-bond donors (Lipinski definition) is 1. The van der Waals surface area contributed by atoms with Crippen molar-refractivity contribution in [2.75, 3.05) is 6.54 Å². The van der Waals surface area contributed by atoms with Gasteiger partial charge in [-0.25, -0.2) is 0 Å². The molecule has 1 aliphatic carbocycles. The van der Waals surface area contributed by atoms with E-state index in [-0.39, 0.29) is 0 Å². The summed E-state index contributed by atoms with van der Waals surface area (Å²) in [5.74, 6) is 0.832. The van der Waals surface area contributed by atoms with Gasteiger partial charge < -0.3 is 5.32 Å². The van der Waals surface area contributed by atoms with E-state index in [9.17, 15) is 0 Å². The molecule has 1 N–H and O–H groups in total. The van der Waals surface area contributed by atoms with Crippen molar-refractivity contribution >= 4 is 0 Å².